The predicted molar refractivity (Wildman–Crippen MR) is 72.4 cm³/mol. The Morgan fingerprint density at radius 3 is 2.80 bits per heavy atom. The number of hydrogen-bond donors (Lipinski definition) is 1. The van der Waals surface area contributed by atoms with Crippen LogP contribution in [0.1, 0.15) is 23.7 Å². The standard InChI is InChI=1S/C14H16N2O4/c1-9(17)15-12-6-7-16(13(12)18)11-5-3-4-10(8-11)14(19)20-2/h3-5,8,12H,6-7H2,1-2H3,(H,15,17). The minimum absolute atomic E-state index is 0.165. The Labute approximate surface area is 116 Å². The largest absolute Gasteiger partial charge is 0.465 e. The number of ether oxygens (including phenoxy) is 1. The maximum atomic E-state index is 12.2. The highest BCUT2D eigenvalue weighted by molar-refractivity contribution is 6.02. The van der Waals surface area contributed by atoms with Crippen molar-refractivity contribution in [3.8, 4) is 0 Å². The molecule has 1 heterocycles. The number of carbonyl (C=O) groups is 3. The van der Waals surface area contributed by atoms with Crippen LogP contribution in [-0.4, -0.2) is 37.5 Å². The molecule has 0 bridgehead atoms. The number of nitrogens with one attached hydrogen (secondary N) is 1. The van der Waals surface area contributed by atoms with Crippen molar-refractivity contribution >= 4 is 23.5 Å². The third-order valence-electron chi connectivity index (χ3n) is 3.16. The second-order valence-electron chi connectivity index (χ2n) is 4.57. The number of rotatable bonds is 3. The van der Waals surface area contributed by atoms with Crippen molar-refractivity contribution in [3.63, 3.8) is 0 Å². The van der Waals surface area contributed by atoms with Crippen molar-refractivity contribution in [2.45, 2.75) is 19.4 Å². The molecule has 6 nitrogen and oxygen atoms in total. The van der Waals surface area contributed by atoms with E-state index in [4.69, 9.17) is 0 Å². The molecule has 6 heteroatoms. The fourth-order valence-electron chi connectivity index (χ4n) is 2.23. The number of benzene rings is 1. The van der Waals surface area contributed by atoms with Gasteiger partial charge in [-0.25, -0.2) is 4.79 Å². The van der Waals surface area contributed by atoms with Gasteiger partial charge in [-0.1, -0.05) is 6.07 Å². The summed E-state index contributed by atoms with van der Waals surface area (Å²) in [6, 6.07) is 6.19. The maximum absolute atomic E-state index is 12.2. The molecule has 0 spiro atoms. The summed E-state index contributed by atoms with van der Waals surface area (Å²) in [4.78, 5) is 36.3. The maximum Gasteiger partial charge on any atom is 0.337 e. The van der Waals surface area contributed by atoms with Crippen molar-refractivity contribution in [2.24, 2.45) is 0 Å². The van der Waals surface area contributed by atoms with Gasteiger partial charge >= 0.3 is 5.97 Å². The highest BCUT2D eigenvalue weighted by atomic mass is 16.5. The van der Waals surface area contributed by atoms with Crippen molar-refractivity contribution < 1.29 is 19.1 Å². The molecule has 1 atom stereocenters. The van der Waals surface area contributed by atoms with Gasteiger partial charge in [-0.15, -0.1) is 0 Å². The molecule has 1 unspecified atom stereocenters. The van der Waals surface area contributed by atoms with Crippen molar-refractivity contribution in [1.29, 1.82) is 0 Å². The first kappa shape index (κ1) is 14.0. The van der Waals surface area contributed by atoms with Crippen LogP contribution in [0.5, 0.6) is 0 Å². The highest BCUT2D eigenvalue weighted by Crippen LogP contribution is 2.23. The second-order valence-corrected chi connectivity index (χ2v) is 4.57. The first-order valence-corrected chi connectivity index (χ1v) is 6.30. The molecule has 1 aromatic rings. The molecule has 2 rings (SSSR count). The number of esters is 1. The van der Waals surface area contributed by atoms with Crippen LogP contribution >= 0.6 is 0 Å². The molecule has 1 saturated heterocycles. The summed E-state index contributed by atoms with van der Waals surface area (Å²) in [5.41, 5.74) is 1.02. The average molecular weight is 276 g/mol. The van der Waals surface area contributed by atoms with Crippen LogP contribution in [0.2, 0.25) is 0 Å². The Bertz CT molecular complexity index is 556. The zero-order valence-corrected chi connectivity index (χ0v) is 11.4. The van der Waals surface area contributed by atoms with Gasteiger partial charge in [0.05, 0.1) is 12.7 Å². The molecule has 0 saturated carbocycles. The SMILES string of the molecule is COC(=O)c1cccc(N2CCC(NC(C)=O)C2=O)c1. The molecule has 106 valence electrons. The van der Waals surface area contributed by atoms with E-state index in [2.05, 4.69) is 10.1 Å². The summed E-state index contributed by atoms with van der Waals surface area (Å²) in [5, 5.41) is 2.62. The van der Waals surface area contributed by atoms with Gasteiger partial charge in [0.25, 0.3) is 0 Å². The van der Waals surface area contributed by atoms with Gasteiger partial charge in [0.15, 0.2) is 0 Å². The minimum atomic E-state index is -0.491. The number of hydrogen-bond acceptors (Lipinski definition) is 4. The molecule has 0 aliphatic carbocycles. The monoisotopic (exact) mass is 276 g/mol. The number of methoxy groups -OCH3 is 1. The van der Waals surface area contributed by atoms with E-state index >= 15 is 0 Å². The lowest BCUT2D eigenvalue weighted by atomic mass is 10.2. The Hall–Kier alpha value is -2.37. The van der Waals surface area contributed by atoms with E-state index in [-0.39, 0.29) is 11.8 Å². The van der Waals surface area contributed by atoms with Crippen LogP contribution in [0, 0.1) is 0 Å². The fraction of sp³-hybridized carbons (Fsp3) is 0.357. The highest BCUT2D eigenvalue weighted by Gasteiger charge is 2.33. The second kappa shape index (κ2) is 5.73. The molecular formula is C14H16N2O4. The van der Waals surface area contributed by atoms with Crippen LogP contribution in [0.4, 0.5) is 5.69 Å². The summed E-state index contributed by atoms with van der Waals surface area (Å²) in [6.45, 7) is 1.89. The van der Waals surface area contributed by atoms with Crippen molar-refractivity contribution in [1.82, 2.24) is 5.32 Å². The molecule has 1 fully saturated rings. The predicted octanol–water partition coefficient (Wildman–Crippen LogP) is 0.715. The lowest BCUT2D eigenvalue weighted by molar-refractivity contribution is -0.125. The van der Waals surface area contributed by atoms with Gasteiger partial charge in [0.1, 0.15) is 6.04 Å². The summed E-state index contributed by atoms with van der Waals surface area (Å²) in [7, 11) is 1.31. The number of carbonyl (C=O) groups excluding carboxylic acids is 3. The molecule has 1 aliphatic rings. The summed E-state index contributed by atoms with van der Waals surface area (Å²) < 4.78 is 4.66. The van der Waals surface area contributed by atoms with E-state index in [1.54, 1.807) is 29.2 Å². The molecule has 2 amide bonds. The zero-order valence-electron chi connectivity index (χ0n) is 11.4. The molecule has 0 aromatic heterocycles. The summed E-state index contributed by atoms with van der Waals surface area (Å²) in [6.07, 6.45) is 0.556. The van der Waals surface area contributed by atoms with Gasteiger partial charge in [-0.2, -0.15) is 0 Å². The van der Waals surface area contributed by atoms with E-state index in [9.17, 15) is 14.4 Å². The Morgan fingerprint density at radius 2 is 2.15 bits per heavy atom. The Balaban J connectivity index is 2.19. The summed E-state index contributed by atoms with van der Waals surface area (Å²) >= 11 is 0. The van der Waals surface area contributed by atoms with Gasteiger partial charge in [0, 0.05) is 19.2 Å². The molecule has 0 radical (unpaired) electrons. The number of nitrogens with zero attached hydrogens (tertiary/aromatic N) is 1. The van der Waals surface area contributed by atoms with Gasteiger partial charge in [-0.05, 0) is 24.6 Å². The first-order chi connectivity index (χ1) is 9.52. The number of anilines is 1. The Morgan fingerprint density at radius 1 is 1.40 bits per heavy atom. The van der Waals surface area contributed by atoms with Crippen molar-refractivity contribution in [2.75, 3.05) is 18.6 Å². The Kier molecular flexibility index (Phi) is 4.02. The lowest BCUT2D eigenvalue weighted by Gasteiger charge is -2.17. The lowest BCUT2D eigenvalue weighted by Crippen LogP contribution is -2.40. The van der Waals surface area contributed by atoms with E-state index in [0.29, 0.717) is 24.2 Å². The van der Waals surface area contributed by atoms with E-state index in [1.165, 1.54) is 14.0 Å². The summed E-state index contributed by atoms with van der Waals surface area (Å²) in [5.74, 6) is -0.840. The third kappa shape index (κ3) is 2.79. The van der Waals surface area contributed by atoms with Crippen LogP contribution in [0.3, 0.4) is 0 Å². The molecular weight excluding hydrogens is 260 g/mol. The van der Waals surface area contributed by atoms with Gasteiger partial charge in [-0.3, -0.25) is 9.59 Å². The normalized spacial score (nSPS) is 18.0. The zero-order chi connectivity index (χ0) is 14.7. The van der Waals surface area contributed by atoms with Crippen LogP contribution in [-0.2, 0) is 14.3 Å². The molecule has 20 heavy (non-hydrogen) atoms. The van der Waals surface area contributed by atoms with E-state index in [1.807, 2.05) is 0 Å². The van der Waals surface area contributed by atoms with E-state index < -0.39 is 12.0 Å². The van der Waals surface area contributed by atoms with Crippen LogP contribution in [0.25, 0.3) is 0 Å². The minimum Gasteiger partial charge on any atom is -0.465 e. The third-order valence-corrected chi connectivity index (χ3v) is 3.16. The topological polar surface area (TPSA) is 75.7 Å². The smallest absolute Gasteiger partial charge is 0.337 e. The van der Waals surface area contributed by atoms with Gasteiger partial charge in [0.2, 0.25) is 11.8 Å². The number of amides is 2. The van der Waals surface area contributed by atoms with Gasteiger partial charge < -0.3 is 15.0 Å². The van der Waals surface area contributed by atoms with Crippen LogP contribution < -0.4 is 10.2 Å². The van der Waals surface area contributed by atoms with Crippen molar-refractivity contribution in [3.05, 3.63) is 29.8 Å². The molecule has 1 aliphatic heterocycles. The first-order valence-electron chi connectivity index (χ1n) is 6.30. The van der Waals surface area contributed by atoms with Crippen LogP contribution in [0.15, 0.2) is 24.3 Å². The average Bonchev–Trinajstić information content (AvgIpc) is 2.79. The molecule has 1 N–H and O–H groups in total. The molecule has 1 aromatic carbocycles. The quantitative estimate of drug-likeness (QED) is 0.825. The van der Waals surface area contributed by atoms with E-state index in [0.717, 1.165) is 0 Å². The fourth-order valence-corrected chi connectivity index (χ4v) is 2.23.